The maximum atomic E-state index is 12.0. The van der Waals surface area contributed by atoms with Gasteiger partial charge < -0.3 is 21.1 Å². The van der Waals surface area contributed by atoms with Gasteiger partial charge in [0.15, 0.2) is 0 Å². The van der Waals surface area contributed by atoms with Crippen LogP contribution in [-0.4, -0.2) is 29.7 Å². The minimum Gasteiger partial charge on any atom is -0.465 e. The van der Waals surface area contributed by atoms with Crippen molar-refractivity contribution in [3.05, 3.63) is 23.8 Å². The van der Waals surface area contributed by atoms with Crippen molar-refractivity contribution in [1.82, 2.24) is 5.32 Å². The van der Waals surface area contributed by atoms with Gasteiger partial charge in [0, 0.05) is 6.54 Å². The summed E-state index contributed by atoms with van der Waals surface area (Å²) < 4.78 is 0. The number of para-hydroxylation sites is 1. The Balaban J connectivity index is 1.89. The number of anilines is 2. The Labute approximate surface area is 110 Å². The van der Waals surface area contributed by atoms with E-state index >= 15 is 0 Å². The van der Waals surface area contributed by atoms with Gasteiger partial charge in [-0.1, -0.05) is 12.1 Å². The monoisotopic (exact) mass is 261 g/mol. The molecule has 0 saturated heterocycles. The Hall–Kier alpha value is -2.24. The third kappa shape index (κ3) is 2.33. The molecule has 2 aliphatic rings. The summed E-state index contributed by atoms with van der Waals surface area (Å²) in [5, 5.41) is 16.9. The van der Waals surface area contributed by atoms with Crippen LogP contribution < -0.4 is 16.0 Å². The van der Waals surface area contributed by atoms with Crippen molar-refractivity contribution in [3.63, 3.8) is 0 Å². The lowest BCUT2D eigenvalue weighted by molar-refractivity contribution is -0.117. The fourth-order valence-electron chi connectivity index (χ4n) is 2.37. The Morgan fingerprint density at radius 1 is 1.37 bits per heavy atom. The second-order valence-corrected chi connectivity index (χ2v) is 4.92. The van der Waals surface area contributed by atoms with Crippen LogP contribution in [-0.2, 0) is 4.79 Å². The van der Waals surface area contributed by atoms with Gasteiger partial charge in [0.2, 0.25) is 5.91 Å². The first kappa shape index (κ1) is 11.8. The molecule has 6 nitrogen and oxygen atoms in total. The maximum Gasteiger partial charge on any atom is 0.405 e. The first-order chi connectivity index (χ1) is 9.15. The quantitative estimate of drug-likeness (QED) is 0.650. The molecule has 1 fully saturated rings. The van der Waals surface area contributed by atoms with Crippen LogP contribution in [0.3, 0.4) is 0 Å². The van der Waals surface area contributed by atoms with Gasteiger partial charge in [0.25, 0.3) is 0 Å². The Kier molecular flexibility index (Phi) is 2.77. The summed E-state index contributed by atoms with van der Waals surface area (Å²) in [7, 11) is 0. The number of benzene rings is 1. The molecule has 1 aromatic rings. The van der Waals surface area contributed by atoms with Crippen molar-refractivity contribution in [3.8, 4) is 0 Å². The zero-order chi connectivity index (χ0) is 13.4. The third-order valence-electron chi connectivity index (χ3n) is 3.47. The number of carboxylic acid groups (broad SMARTS) is 1. The molecule has 4 N–H and O–H groups in total. The summed E-state index contributed by atoms with van der Waals surface area (Å²) in [6.07, 6.45) is 1.09. The second kappa shape index (κ2) is 4.46. The van der Waals surface area contributed by atoms with Crippen LogP contribution in [0.5, 0.6) is 0 Å². The minimum absolute atomic E-state index is 0.249. The number of hydrogen-bond acceptors (Lipinski definition) is 3. The maximum absolute atomic E-state index is 12.0. The Bertz CT molecular complexity index is 540. The molecule has 1 aliphatic carbocycles. The Morgan fingerprint density at radius 3 is 2.84 bits per heavy atom. The summed E-state index contributed by atoms with van der Waals surface area (Å²) in [4.78, 5) is 22.7. The molecular weight excluding hydrogens is 246 g/mol. The molecule has 0 radical (unpaired) electrons. The van der Waals surface area contributed by atoms with Crippen molar-refractivity contribution in [2.24, 2.45) is 0 Å². The summed E-state index contributed by atoms with van der Waals surface area (Å²) in [5.74, 6) is 0.197. The first-order valence-electron chi connectivity index (χ1n) is 6.32. The summed E-state index contributed by atoms with van der Waals surface area (Å²) in [6.45, 7) is 0.249. The normalized spacial score (nSPS) is 21.7. The number of nitrogens with one attached hydrogen (secondary N) is 3. The molecule has 2 amide bonds. The lowest BCUT2D eigenvalue weighted by Gasteiger charge is -2.13. The number of amides is 2. The van der Waals surface area contributed by atoms with Crippen molar-refractivity contribution >= 4 is 23.4 Å². The van der Waals surface area contributed by atoms with Crippen LogP contribution in [0, 0.1) is 0 Å². The van der Waals surface area contributed by atoms with E-state index in [2.05, 4.69) is 16.0 Å². The van der Waals surface area contributed by atoms with E-state index in [-0.39, 0.29) is 12.5 Å². The van der Waals surface area contributed by atoms with E-state index in [9.17, 15) is 9.59 Å². The SMILES string of the molecule is O=C(O)NC1CNc2cccc(C3CC3)c2NC1=O. The van der Waals surface area contributed by atoms with Gasteiger partial charge in [0.1, 0.15) is 6.04 Å². The highest BCUT2D eigenvalue weighted by molar-refractivity contribution is 6.01. The molecule has 1 heterocycles. The number of fused-ring (bicyclic) bond motifs is 1. The predicted molar refractivity (Wildman–Crippen MR) is 70.5 cm³/mol. The van der Waals surface area contributed by atoms with Gasteiger partial charge in [-0.2, -0.15) is 0 Å². The number of carbonyl (C=O) groups excluding carboxylic acids is 1. The zero-order valence-corrected chi connectivity index (χ0v) is 10.3. The molecular formula is C13H15N3O3. The fourth-order valence-corrected chi connectivity index (χ4v) is 2.37. The van der Waals surface area contributed by atoms with Crippen molar-refractivity contribution in [2.45, 2.75) is 24.8 Å². The molecule has 1 atom stereocenters. The van der Waals surface area contributed by atoms with Crippen LogP contribution in [0.4, 0.5) is 16.2 Å². The number of rotatable bonds is 2. The molecule has 1 saturated carbocycles. The van der Waals surface area contributed by atoms with E-state index < -0.39 is 12.1 Å². The highest BCUT2D eigenvalue weighted by Gasteiger charge is 2.31. The molecule has 1 aliphatic heterocycles. The molecule has 6 heteroatoms. The van der Waals surface area contributed by atoms with E-state index in [0.29, 0.717) is 5.92 Å². The van der Waals surface area contributed by atoms with Crippen LogP contribution in [0.25, 0.3) is 0 Å². The topological polar surface area (TPSA) is 90.5 Å². The third-order valence-corrected chi connectivity index (χ3v) is 3.47. The summed E-state index contributed by atoms with van der Waals surface area (Å²) in [6, 6.07) is 5.09. The standard InChI is InChI=1S/C13H15N3O3/c17-12-10(15-13(18)19)6-14-9-3-1-2-8(7-4-5-7)11(9)16-12/h1-3,7,10,14-15H,4-6H2,(H,16,17)(H,18,19). The van der Waals surface area contributed by atoms with Crippen LogP contribution in [0.2, 0.25) is 0 Å². The van der Waals surface area contributed by atoms with E-state index in [1.807, 2.05) is 18.2 Å². The average Bonchev–Trinajstić information content (AvgIpc) is 3.18. The van der Waals surface area contributed by atoms with Gasteiger partial charge in [-0.3, -0.25) is 4.79 Å². The number of carbonyl (C=O) groups is 2. The van der Waals surface area contributed by atoms with Crippen molar-refractivity contribution in [1.29, 1.82) is 0 Å². The molecule has 0 spiro atoms. The Morgan fingerprint density at radius 2 is 2.16 bits per heavy atom. The van der Waals surface area contributed by atoms with Crippen molar-refractivity contribution in [2.75, 3.05) is 17.2 Å². The molecule has 19 heavy (non-hydrogen) atoms. The first-order valence-corrected chi connectivity index (χ1v) is 6.32. The molecule has 0 aromatic heterocycles. The van der Waals surface area contributed by atoms with Crippen LogP contribution in [0.1, 0.15) is 24.3 Å². The number of hydrogen-bond donors (Lipinski definition) is 4. The van der Waals surface area contributed by atoms with E-state index in [1.54, 1.807) is 0 Å². The summed E-state index contributed by atoms with van der Waals surface area (Å²) in [5.41, 5.74) is 2.78. The largest absolute Gasteiger partial charge is 0.465 e. The van der Waals surface area contributed by atoms with Gasteiger partial charge >= 0.3 is 6.09 Å². The zero-order valence-electron chi connectivity index (χ0n) is 10.3. The minimum atomic E-state index is -1.20. The predicted octanol–water partition coefficient (Wildman–Crippen LogP) is 1.56. The molecule has 1 aromatic carbocycles. The van der Waals surface area contributed by atoms with Gasteiger partial charge in [-0.25, -0.2) is 4.79 Å². The molecule has 3 rings (SSSR count). The molecule has 100 valence electrons. The molecule has 0 bridgehead atoms. The van der Waals surface area contributed by atoms with Crippen molar-refractivity contribution < 1.29 is 14.7 Å². The van der Waals surface area contributed by atoms with Gasteiger partial charge in [-0.05, 0) is 30.4 Å². The average molecular weight is 261 g/mol. The lowest BCUT2D eigenvalue weighted by Crippen LogP contribution is -2.46. The van der Waals surface area contributed by atoms with E-state index in [4.69, 9.17) is 5.11 Å². The van der Waals surface area contributed by atoms with E-state index in [0.717, 1.165) is 29.8 Å². The van der Waals surface area contributed by atoms with Crippen LogP contribution >= 0.6 is 0 Å². The van der Waals surface area contributed by atoms with Crippen LogP contribution in [0.15, 0.2) is 18.2 Å². The second-order valence-electron chi connectivity index (χ2n) is 4.92. The van der Waals surface area contributed by atoms with Gasteiger partial charge in [-0.15, -0.1) is 0 Å². The highest BCUT2D eigenvalue weighted by atomic mass is 16.4. The summed E-state index contributed by atoms with van der Waals surface area (Å²) >= 11 is 0. The fraction of sp³-hybridized carbons (Fsp3) is 0.385. The van der Waals surface area contributed by atoms with E-state index in [1.165, 1.54) is 0 Å². The smallest absolute Gasteiger partial charge is 0.405 e. The molecule has 1 unspecified atom stereocenters. The lowest BCUT2D eigenvalue weighted by atomic mass is 10.1. The van der Waals surface area contributed by atoms with Gasteiger partial charge in [0.05, 0.1) is 11.4 Å². The highest BCUT2D eigenvalue weighted by Crippen LogP contribution is 2.45.